The van der Waals surface area contributed by atoms with Gasteiger partial charge in [-0.15, -0.1) is 10.2 Å². The number of benzene rings is 1. The van der Waals surface area contributed by atoms with Crippen LogP contribution in [0, 0.1) is 6.92 Å². The van der Waals surface area contributed by atoms with E-state index in [-0.39, 0.29) is 11.5 Å². The number of aryl methyl sites for hydroxylation is 1. The molecule has 0 aliphatic carbocycles. The molecule has 0 radical (unpaired) electrons. The van der Waals surface area contributed by atoms with Crippen LogP contribution in [0.25, 0.3) is 0 Å². The highest BCUT2D eigenvalue weighted by molar-refractivity contribution is 5.97. The van der Waals surface area contributed by atoms with E-state index in [1.54, 1.807) is 49.4 Å². The lowest BCUT2D eigenvalue weighted by Gasteiger charge is -2.18. The Morgan fingerprint density at radius 3 is 2.50 bits per heavy atom. The van der Waals surface area contributed by atoms with E-state index in [9.17, 15) is 9.59 Å². The molecule has 0 bridgehead atoms. The topological polar surface area (TPSA) is 110 Å². The molecule has 3 aromatic rings. The third-order valence-corrected chi connectivity index (χ3v) is 4.73. The number of nitrogens with one attached hydrogen (secondary N) is 1. The van der Waals surface area contributed by atoms with Gasteiger partial charge >= 0.3 is 5.97 Å². The molecule has 1 aliphatic rings. The minimum absolute atomic E-state index is 0.0314. The second-order valence-corrected chi connectivity index (χ2v) is 6.98. The lowest BCUT2D eigenvalue weighted by Crippen LogP contribution is -2.26. The maximum absolute atomic E-state index is 12.8. The molecule has 9 nitrogen and oxygen atoms in total. The van der Waals surface area contributed by atoms with Crippen LogP contribution < -0.4 is 10.2 Å². The first-order valence-corrected chi connectivity index (χ1v) is 9.69. The van der Waals surface area contributed by atoms with Crippen molar-refractivity contribution in [2.45, 2.75) is 25.9 Å². The van der Waals surface area contributed by atoms with E-state index < -0.39 is 18.0 Å². The Hall–Kier alpha value is -3.75. The third-order valence-electron chi connectivity index (χ3n) is 4.73. The zero-order valence-corrected chi connectivity index (χ0v) is 16.4. The fourth-order valence-electron chi connectivity index (χ4n) is 3.23. The molecule has 0 saturated carbocycles. The summed E-state index contributed by atoms with van der Waals surface area (Å²) in [6.45, 7) is 3.56. The van der Waals surface area contributed by atoms with Crippen LogP contribution in [-0.4, -0.2) is 40.3 Å². The number of hydrogen-bond acceptors (Lipinski definition) is 8. The van der Waals surface area contributed by atoms with Crippen LogP contribution in [-0.2, 0) is 9.53 Å². The van der Waals surface area contributed by atoms with Gasteiger partial charge in [-0.3, -0.25) is 4.79 Å². The van der Waals surface area contributed by atoms with Gasteiger partial charge in [-0.05, 0) is 31.9 Å². The van der Waals surface area contributed by atoms with Crippen molar-refractivity contribution in [1.29, 1.82) is 0 Å². The Kier molecular flexibility index (Phi) is 5.69. The minimum Gasteiger partial charge on any atom is -0.442 e. The van der Waals surface area contributed by atoms with Crippen LogP contribution >= 0.6 is 0 Å². The van der Waals surface area contributed by atoms with Crippen LogP contribution in [0.5, 0.6) is 0 Å². The summed E-state index contributed by atoms with van der Waals surface area (Å²) in [6, 6.07) is 13.6. The predicted molar refractivity (Wildman–Crippen MR) is 108 cm³/mol. The third kappa shape index (κ3) is 4.45. The fraction of sp³-hybridized carbons (Fsp3) is 0.286. The number of carbonyl (C=O) groups is 2. The van der Waals surface area contributed by atoms with Crippen LogP contribution in [0.15, 0.2) is 53.1 Å². The Morgan fingerprint density at radius 2 is 1.87 bits per heavy atom. The molecule has 3 heterocycles. The molecular formula is C21H21N5O4. The summed E-state index contributed by atoms with van der Waals surface area (Å²) in [6.07, 6.45) is 1.05. The lowest BCUT2D eigenvalue weighted by molar-refractivity contribution is -0.125. The second kappa shape index (κ2) is 8.73. The van der Waals surface area contributed by atoms with E-state index in [2.05, 4.69) is 25.6 Å². The number of amides is 1. The quantitative estimate of drug-likeness (QED) is 0.621. The second-order valence-electron chi connectivity index (χ2n) is 6.98. The molecule has 30 heavy (non-hydrogen) atoms. The molecule has 1 atom stereocenters. The Labute approximate surface area is 173 Å². The van der Waals surface area contributed by atoms with Gasteiger partial charge in [0.15, 0.2) is 17.3 Å². The smallest absolute Gasteiger partial charge is 0.359 e. The van der Waals surface area contributed by atoms with Gasteiger partial charge in [0.1, 0.15) is 5.76 Å². The van der Waals surface area contributed by atoms with Crippen molar-refractivity contribution >= 4 is 23.5 Å². The monoisotopic (exact) mass is 407 g/mol. The largest absolute Gasteiger partial charge is 0.442 e. The number of aromatic nitrogens is 3. The van der Waals surface area contributed by atoms with Gasteiger partial charge in [0.2, 0.25) is 6.10 Å². The number of esters is 1. The molecule has 2 aromatic heterocycles. The standard InChI is InChI=1S/C21H21N5O4/c1-14-13-17(25-30-14)22-20(27)19(15-7-3-2-4-8-15)29-21(28)16-9-10-18(24-23-16)26-11-5-6-12-26/h2-4,7-10,13,19H,5-6,11-12H2,1H3,(H,22,25,27). The van der Waals surface area contributed by atoms with Gasteiger partial charge in [-0.1, -0.05) is 35.5 Å². The molecule has 1 unspecified atom stereocenters. The highest BCUT2D eigenvalue weighted by Crippen LogP contribution is 2.22. The molecule has 1 N–H and O–H groups in total. The van der Waals surface area contributed by atoms with Crippen LogP contribution in [0.3, 0.4) is 0 Å². The van der Waals surface area contributed by atoms with E-state index in [1.165, 1.54) is 0 Å². The summed E-state index contributed by atoms with van der Waals surface area (Å²) in [7, 11) is 0. The number of ether oxygens (including phenoxy) is 1. The minimum atomic E-state index is -1.18. The highest BCUT2D eigenvalue weighted by Gasteiger charge is 2.27. The van der Waals surface area contributed by atoms with E-state index in [0.29, 0.717) is 11.3 Å². The predicted octanol–water partition coefficient (Wildman–Crippen LogP) is 2.91. The van der Waals surface area contributed by atoms with E-state index in [1.807, 2.05) is 6.07 Å². The number of anilines is 2. The van der Waals surface area contributed by atoms with E-state index >= 15 is 0 Å². The van der Waals surface area contributed by atoms with Crippen LogP contribution in [0.4, 0.5) is 11.6 Å². The van der Waals surface area contributed by atoms with Gasteiger partial charge in [0, 0.05) is 24.7 Å². The molecular weight excluding hydrogens is 386 g/mol. The summed E-state index contributed by atoms with van der Waals surface area (Å²) >= 11 is 0. The van der Waals surface area contributed by atoms with Gasteiger partial charge in [-0.2, -0.15) is 0 Å². The van der Waals surface area contributed by atoms with Gasteiger partial charge in [0.05, 0.1) is 0 Å². The Morgan fingerprint density at radius 1 is 1.10 bits per heavy atom. The van der Waals surface area contributed by atoms with Crippen molar-refractivity contribution in [2.24, 2.45) is 0 Å². The molecule has 154 valence electrons. The van der Waals surface area contributed by atoms with Crippen LogP contribution in [0.1, 0.15) is 40.8 Å². The number of rotatable bonds is 6. The molecule has 4 rings (SSSR count). The van der Waals surface area contributed by atoms with Gasteiger partial charge < -0.3 is 19.5 Å². The lowest BCUT2D eigenvalue weighted by atomic mass is 10.1. The van der Waals surface area contributed by atoms with Crippen molar-refractivity contribution in [2.75, 3.05) is 23.3 Å². The molecule has 9 heteroatoms. The average molecular weight is 407 g/mol. The van der Waals surface area contributed by atoms with Crippen molar-refractivity contribution in [3.8, 4) is 0 Å². The van der Waals surface area contributed by atoms with Gasteiger partial charge in [-0.25, -0.2) is 4.79 Å². The SMILES string of the molecule is Cc1cc(NC(=O)C(OC(=O)c2ccc(N3CCCC3)nn2)c2ccccc2)no1. The summed E-state index contributed by atoms with van der Waals surface area (Å²) in [5.41, 5.74) is 0.550. The van der Waals surface area contributed by atoms with Crippen LogP contribution in [0.2, 0.25) is 0 Å². The molecule has 1 aliphatic heterocycles. The molecule has 0 spiro atoms. The maximum atomic E-state index is 12.8. The Bertz CT molecular complexity index is 1010. The first-order chi connectivity index (χ1) is 14.6. The number of hydrogen-bond donors (Lipinski definition) is 1. The highest BCUT2D eigenvalue weighted by atomic mass is 16.5. The first-order valence-electron chi connectivity index (χ1n) is 9.69. The first kappa shape index (κ1) is 19.6. The van der Waals surface area contributed by atoms with Crippen molar-refractivity contribution < 1.29 is 18.8 Å². The molecule has 1 saturated heterocycles. The average Bonchev–Trinajstić information content (AvgIpc) is 3.44. The van der Waals surface area contributed by atoms with E-state index in [4.69, 9.17) is 9.26 Å². The number of carbonyl (C=O) groups excluding carboxylic acids is 2. The molecule has 1 fully saturated rings. The molecule has 1 aromatic carbocycles. The van der Waals surface area contributed by atoms with Crippen molar-refractivity contribution in [3.63, 3.8) is 0 Å². The van der Waals surface area contributed by atoms with Crippen molar-refractivity contribution in [1.82, 2.24) is 15.4 Å². The normalized spacial score (nSPS) is 14.4. The summed E-state index contributed by atoms with van der Waals surface area (Å²) in [5.74, 6) is 0.222. The fourth-order valence-corrected chi connectivity index (χ4v) is 3.23. The van der Waals surface area contributed by atoms with E-state index in [0.717, 1.165) is 31.7 Å². The summed E-state index contributed by atoms with van der Waals surface area (Å²) < 4.78 is 10.5. The Balaban J connectivity index is 1.50. The van der Waals surface area contributed by atoms with Crippen molar-refractivity contribution in [3.05, 3.63) is 65.5 Å². The number of nitrogens with zero attached hydrogens (tertiary/aromatic N) is 4. The zero-order valence-electron chi connectivity index (χ0n) is 16.4. The maximum Gasteiger partial charge on any atom is 0.359 e. The summed E-state index contributed by atoms with van der Waals surface area (Å²) in [5, 5.41) is 14.5. The zero-order chi connectivity index (χ0) is 20.9. The summed E-state index contributed by atoms with van der Waals surface area (Å²) in [4.78, 5) is 27.6. The molecule has 1 amide bonds. The van der Waals surface area contributed by atoms with Gasteiger partial charge in [0.25, 0.3) is 5.91 Å².